The van der Waals surface area contributed by atoms with Crippen LogP contribution in [0.3, 0.4) is 0 Å². The summed E-state index contributed by atoms with van der Waals surface area (Å²) in [5.74, 6) is -1.00. The van der Waals surface area contributed by atoms with E-state index >= 15 is 0 Å². The third kappa shape index (κ3) is 5.84. The summed E-state index contributed by atoms with van der Waals surface area (Å²) in [6, 6.07) is 20.4. The number of carbonyl (C=O) groups excluding carboxylic acids is 2. The number of hydrogen-bond acceptors (Lipinski definition) is 7. The molecule has 3 aromatic rings. The molecule has 1 aliphatic rings. The van der Waals surface area contributed by atoms with Crippen LogP contribution in [0.5, 0.6) is 0 Å². The quantitative estimate of drug-likeness (QED) is 0.282. The van der Waals surface area contributed by atoms with Crippen LogP contribution in [0, 0.1) is 0 Å². The lowest BCUT2D eigenvalue weighted by Gasteiger charge is -2.35. The van der Waals surface area contributed by atoms with Gasteiger partial charge in [0.25, 0.3) is 0 Å². The second-order valence-electron chi connectivity index (χ2n) is 8.75. The molecule has 10 heteroatoms. The van der Waals surface area contributed by atoms with E-state index < -0.39 is 20.5 Å². The highest BCUT2D eigenvalue weighted by Gasteiger charge is 2.49. The van der Waals surface area contributed by atoms with Gasteiger partial charge in [0.15, 0.2) is 9.84 Å². The van der Waals surface area contributed by atoms with Crippen LogP contribution in [0.25, 0.3) is 10.4 Å². The molecule has 2 heterocycles. The van der Waals surface area contributed by atoms with E-state index in [2.05, 4.69) is 5.32 Å². The molecule has 190 valence electrons. The van der Waals surface area contributed by atoms with Gasteiger partial charge in [0.2, 0.25) is 11.8 Å². The average Bonchev–Trinajstić information content (AvgIpc) is 3.37. The van der Waals surface area contributed by atoms with Crippen molar-refractivity contribution in [3.8, 4) is 10.4 Å². The van der Waals surface area contributed by atoms with Crippen molar-refractivity contribution < 1.29 is 28.0 Å². The number of hydrogen-bond donors (Lipinski definition) is 3. The molecule has 8 nitrogen and oxygen atoms in total. The van der Waals surface area contributed by atoms with Crippen molar-refractivity contribution in [1.82, 2.24) is 5.48 Å². The van der Waals surface area contributed by atoms with E-state index in [9.17, 15) is 18.0 Å². The first-order valence-electron chi connectivity index (χ1n) is 11.6. The van der Waals surface area contributed by atoms with E-state index in [0.29, 0.717) is 36.4 Å². The molecule has 36 heavy (non-hydrogen) atoms. The van der Waals surface area contributed by atoms with Gasteiger partial charge < -0.3 is 10.1 Å². The fraction of sp³-hybridized carbons (Fsp3) is 0.308. The monoisotopic (exact) mass is 528 g/mol. The normalized spacial score (nSPS) is 18.9. The Morgan fingerprint density at radius 1 is 1.00 bits per heavy atom. The first-order chi connectivity index (χ1) is 17.3. The third-order valence-corrected chi connectivity index (χ3v) is 10.3. The van der Waals surface area contributed by atoms with Gasteiger partial charge in [-0.2, -0.15) is 0 Å². The molecular formula is C26H28N2O6S2. The Hall–Kier alpha value is -3.05. The topological polar surface area (TPSA) is 122 Å². The number of nitrogens with one attached hydrogen (secondary N) is 2. The molecule has 1 saturated heterocycles. The summed E-state index contributed by atoms with van der Waals surface area (Å²) < 4.78 is 30.4. The maximum Gasteiger partial charge on any atom is 0.250 e. The summed E-state index contributed by atoms with van der Waals surface area (Å²) in [6.45, 7) is 0.251. The van der Waals surface area contributed by atoms with E-state index in [1.807, 2.05) is 54.6 Å². The fourth-order valence-electron chi connectivity index (χ4n) is 4.44. The highest BCUT2D eigenvalue weighted by molar-refractivity contribution is 7.92. The van der Waals surface area contributed by atoms with Gasteiger partial charge >= 0.3 is 0 Å². The highest BCUT2D eigenvalue weighted by atomic mass is 32.2. The van der Waals surface area contributed by atoms with Gasteiger partial charge in [-0.1, -0.05) is 48.9 Å². The van der Waals surface area contributed by atoms with Crippen molar-refractivity contribution in [2.75, 3.05) is 17.7 Å². The minimum absolute atomic E-state index is 0.00675. The minimum atomic E-state index is -3.60. The number of anilines is 1. The summed E-state index contributed by atoms with van der Waals surface area (Å²) in [5.41, 5.74) is 3.97. The maximum absolute atomic E-state index is 13.1. The van der Waals surface area contributed by atoms with Crippen molar-refractivity contribution in [1.29, 1.82) is 0 Å². The number of ether oxygens (including phenoxy) is 1. The summed E-state index contributed by atoms with van der Waals surface area (Å²) in [5, 5.41) is 11.9. The van der Waals surface area contributed by atoms with Gasteiger partial charge in [0.1, 0.15) is 11.4 Å². The molecule has 4 rings (SSSR count). The lowest BCUT2D eigenvalue weighted by molar-refractivity contribution is -0.130. The number of sulfone groups is 1. The molecule has 2 amide bonds. The Morgan fingerprint density at radius 3 is 2.56 bits per heavy atom. The highest BCUT2D eigenvalue weighted by Crippen LogP contribution is 2.47. The van der Waals surface area contributed by atoms with Crippen LogP contribution in [0.15, 0.2) is 66.7 Å². The molecule has 3 N–H and O–H groups in total. The van der Waals surface area contributed by atoms with Gasteiger partial charge in [-0.15, -0.1) is 11.3 Å². The largest absolute Gasteiger partial charge is 0.367 e. The maximum atomic E-state index is 13.1. The minimum Gasteiger partial charge on any atom is -0.367 e. The Labute approximate surface area is 214 Å². The van der Waals surface area contributed by atoms with Crippen LogP contribution in [0.1, 0.15) is 36.1 Å². The van der Waals surface area contributed by atoms with E-state index in [-0.39, 0.29) is 24.7 Å². The molecule has 0 bridgehead atoms. The zero-order valence-electron chi connectivity index (χ0n) is 19.6. The molecule has 0 saturated carbocycles. The lowest BCUT2D eigenvalue weighted by Crippen LogP contribution is -2.43. The van der Waals surface area contributed by atoms with Crippen LogP contribution in [-0.4, -0.2) is 37.8 Å². The summed E-state index contributed by atoms with van der Waals surface area (Å²) in [6.07, 6.45) is 1.23. The van der Waals surface area contributed by atoms with Crippen LogP contribution < -0.4 is 10.8 Å². The Morgan fingerprint density at radius 2 is 1.81 bits per heavy atom. The van der Waals surface area contributed by atoms with Crippen molar-refractivity contribution in [3.63, 3.8) is 0 Å². The Bertz CT molecular complexity index is 1320. The van der Waals surface area contributed by atoms with E-state index in [1.165, 1.54) is 11.3 Å². The van der Waals surface area contributed by atoms with Crippen molar-refractivity contribution >= 4 is 38.7 Å². The van der Waals surface area contributed by atoms with Crippen LogP contribution in [0.2, 0.25) is 0 Å². The number of amides is 2. The standard InChI is InChI=1S/C26H28N2O6S2/c29-24(28-31)16-26(13-4-5-14-36(26,32)33)23-12-11-22(35-23)20-9-6-10-21(15-20)27-25(30)18-34-17-19-7-2-1-3-8-19/h1-3,6-12,15,31H,4-5,13-14,16-18H2,(H,27,30)(H,28,29)/t26-/m0/s1. The summed E-state index contributed by atoms with van der Waals surface area (Å²) in [7, 11) is -3.60. The van der Waals surface area contributed by atoms with Crippen molar-refractivity contribution in [2.45, 2.75) is 37.0 Å². The lowest BCUT2D eigenvalue weighted by atomic mass is 9.94. The molecule has 2 aromatic carbocycles. The molecule has 0 radical (unpaired) electrons. The fourth-order valence-corrected chi connectivity index (χ4v) is 8.21. The predicted molar refractivity (Wildman–Crippen MR) is 138 cm³/mol. The number of carbonyl (C=O) groups is 2. The first kappa shape index (κ1) is 26.0. The van der Waals surface area contributed by atoms with Crippen LogP contribution in [-0.2, 0) is 35.5 Å². The van der Waals surface area contributed by atoms with E-state index in [1.54, 1.807) is 17.6 Å². The van der Waals surface area contributed by atoms with Gasteiger partial charge in [-0.3, -0.25) is 14.8 Å². The molecule has 1 atom stereocenters. The van der Waals surface area contributed by atoms with Crippen molar-refractivity contribution in [2.24, 2.45) is 0 Å². The average molecular weight is 529 g/mol. The molecule has 0 spiro atoms. The first-order valence-corrected chi connectivity index (χ1v) is 14.1. The zero-order chi connectivity index (χ0) is 25.6. The van der Waals surface area contributed by atoms with Gasteiger partial charge in [0.05, 0.1) is 18.8 Å². The van der Waals surface area contributed by atoms with Crippen LogP contribution >= 0.6 is 11.3 Å². The second-order valence-corrected chi connectivity index (χ2v) is 12.3. The summed E-state index contributed by atoms with van der Waals surface area (Å²) in [4.78, 5) is 25.8. The van der Waals surface area contributed by atoms with Crippen molar-refractivity contribution in [3.05, 3.63) is 77.2 Å². The number of hydroxylamine groups is 1. The summed E-state index contributed by atoms with van der Waals surface area (Å²) >= 11 is 1.31. The van der Waals surface area contributed by atoms with Gasteiger partial charge in [-0.05, 0) is 48.2 Å². The number of benzene rings is 2. The smallest absolute Gasteiger partial charge is 0.250 e. The van der Waals surface area contributed by atoms with Gasteiger partial charge in [0, 0.05) is 15.4 Å². The SMILES string of the molecule is O=C(C[C@]1(c2ccc(-c3cccc(NC(=O)COCc4ccccc4)c3)s2)CCCCS1(=O)=O)NO. The van der Waals surface area contributed by atoms with Crippen LogP contribution in [0.4, 0.5) is 5.69 Å². The third-order valence-electron chi connectivity index (χ3n) is 6.24. The second kappa shape index (κ2) is 11.3. The zero-order valence-corrected chi connectivity index (χ0v) is 21.2. The number of thiophene rings is 1. The number of rotatable bonds is 9. The molecule has 1 aliphatic heterocycles. The van der Waals surface area contributed by atoms with E-state index in [4.69, 9.17) is 9.94 Å². The van der Waals surface area contributed by atoms with E-state index in [0.717, 1.165) is 16.0 Å². The molecule has 1 aromatic heterocycles. The Balaban J connectivity index is 1.48. The molecule has 0 aliphatic carbocycles. The molecule has 1 fully saturated rings. The predicted octanol–water partition coefficient (Wildman–Crippen LogP) is 4.26. The molecular weight excluding hydrogens is 500 g/mol. The van der Waals surface area contributed by atoms with Gasteiger partial charge in [-0.25, -0.2) is 13.9 Å². The Kier molecular flexibility index (Phi) is 8.20. The molecule has 0 unspecified atom stereocenters.